The van der Waals surface area contributed by atoms with Crippen LogP contribution in [0.2, 0.25) is 5.02 Å². The van der Waals surface area contributed by atoms with Crippen molar-refractivity contribution in [2.75, 3.05) is 0 Å². The van der Waals surface area contributed by atoms with E-state index in [9.17, 15) is 0 Å². The number of rotatable bonds is 1. The van der Waals surface area contributed by atoms with Gasteiger partial charge in [0.15, 0.2) is 0 Å². The molecule has 2 rings (SSSR count). The van der Waals surface area contributed by atoms with Crippen LogP contribution in [0.25, 0.3) is 10.4 Å². The van der Waals surface area contributed by atoms with Crippen molar-refractivity contribution >= 4 is 38.9 Å². The molecule has 2 aromatic rings. The van der Waals surface area contributed by atoms with Crippen LogP contribution in [-0.4, -0.2) is 4.98 Å². The Hall–Kier alpha value is -0.380. The smallest absolute Gasteiger partial charge is 0.124 e. The third-order valence-electron chi connectivity index (χ3n) is 1.63. The van der Waals surface area contributed by atoms with Crippen molar-refractivity contribution < 1.29 is 0 Å². The van der Waals surface area contributed by atoms with Crippen LogP contribution in [0.1, 0.15) is 0 Å². The summed E-state index contributed by atoms with van der Waals surface area (Å²) in [5, 5.41) is 0.754. The van der Waals surface area contributed by atoms with Crippen LogP contribution in [0, 0.1) is 0 Å². The summed E-state index contributed by atoms with van der Waals surface area (Å²) in [6, 6.07) is 7.73. The Morgan fingerprint density at radius 2 is 1.92 bits per heavy atom. The molecule has 0 bridgehead atoms. The van der Waals surface area contributed by atoms with Crippen molar-refractivity contribution in [3.63, 3.8) is 0 Å². The van der Waals surface area contributed by atoms with Gasteiger partial charge in [-0.25, -0.2) is 4.98 Å². The fraction of sp³-hybridized carbons (Fsp3) is 0. The highest BCUT2D eigenvalue weighted by atomic mass is 79.9. The van der Waals surface area contributed by atoms with Gasteiger partial charge in [0.05, 0.1) is 10.4 Å². The average molecular weight is 275 g/mol. The van der Waals surface area contributed by atoms with Gasteiger partial charge in [0.1, 0.15) is 4.60 Å². The molecule has 66 valence electrons. The molecule has 0 atom stereocenters. The summed E-state index contributed by atoms with van der Waals surface area (Å²) in [6.45, 7) is 0. The maximum absolute atomic E-state index is 5.79. The minimum absolute atomic E-state index is 0.754. The molecule has 0 saturated heterocycles. The van der Waals surface area contributed by atoms with Crippen LogP contribution in [0.5, 0.6) is 0 Å². The molecule has 0 unspecified atom stereocenters. The number of hydrogen-bond donors (Lipinski definition) is 0. The van der Waals surface area contributed by atoms with E-state index in [1.54, 1.807) is 11.3 Å². The van der Waals surface area contributed by atoms with Gasteiger partial charge in [-0.3, -0.25) is 0 Å². The summed E-state index contributed by atoms with van der Waals surface area (Å²) in [4.78, 5) is 5.25. The topological polar surface area (TPSA) is 12.9 Å². The third kappa shape index (κ3) is 1.93. The Bertz CT molecular complexity index is 410. The van der Waals surface area contributed by atoms with Crippen LogP contribution in [0.15, 0.2) is 34.4 Å². The lowest BCUT2D eigenvalue weighted by Crippen LogP contribution is -1.73. The monoisotopic (exact) mass is 273 g/mol. The number of thiazole rings is 1. The second kappa shape index (κ2) is 3.78. The van der Waals surface area contributed by atoms with Crippen LogP contribution < -0.4 is 0 Å². The summed E-state index contributed by atoms with van der Waals surface area (Å²) in [5.74, 6) is 0. The van der Waals surface area contributed by atoms with Gasteiger partial charge >= 0.3 is 0 Å². The summed E-state index contributed by atoms with van der Waals surface area (Å²) < 4.78 is 0.889. The lowest BCUT2D eigenvalue weighted by atomic mass is 10.2. The van der Waals surface area contributed by atoms with Gasteiger partial charge in [0.2, 0.25) is 0 Å². The first-order valence-electron chi connectivity index (χ1n) is 3.62. The van der Waals surface area contributed by atoms with Crippen LogP contribution in [0.4, 0.5) is 0 Å². The van der Waals surface area contributed by atoms with E-state index in [-0.39, 0.29) is 0 Å². The quantitative estimate of drug-likeness (QED) is 0.758. The van der Waals surface area contributed by atoms with E-state index < -0.39 is 0 Å². The van der Waals surface area contributed by atoms with E-state index in [0.29, 0.717) is 0 Å². The molecule has 13 heavy (non-hydrogen) atoms. The molecule has 0 N–H and O–H groups in total. The zero-order valence-corrected chi connectivity index (χ0v) is 9.66. The Balaban J connectivity index is 2.47. The van der Waals surface area contributed by atoms with Gasteiger partial charge in [-0.05, 0) is 33.6 Å². The van der Waals surface area contributed by atoms with Crippen LogP contribution >= 0.6 is 38.9 Å². The second-order valence-corrected chi connectivity index (χ2v) is 4.52. The molecule has 0 spiro atoms. The number of hydrogen-bond acceptors (Lipinski definition) is 2. The van der Waals surface area contributed by atoms with Crippen molar-refractivity contribution in [3.8, 4) is 10.4 Å². The van der Waals surface area contributed by atoms with Crippen molar-refractivity contribution in [3.05, 3.63) is 39.4 Å². The highest BCUT2D eigenvalue weighted by Crippen LogP contribution is 2.31. The SMILES string of the molecule is Clc1ccc(-c2scnc2Br)cc1. The van der Waals surface area contributed by atoms with E-state index in [0.717, 1.165) is 20.1 Å². The van der Waals surface area contributed by atoms with Gasteiger partial charge in [-0.1, -0.05) is 23.7 Å². The standard InChI is InChI=1S/C9H5BrClNS/c10-9-8(13-5-12-9)6-1-3-7(11)4-2-6/h1-5H. The summed E-state index contributed by atoms with van der Waals surface area (Å²) >= 11 is 10.8. The Labute approximate surface area is 93.5 Å². The molecule has 0 radical (unpaired) electrons. The van der Waals surface area contributed by atoms with Gasteiger partial charge in [-0.2, -0.15) is 0 Å². The number of halogens is 2. The first-order chi connectivity index (χ1) is 6.27. The average Bonchev–Trinajstić information content (AvgIpc) is 2.53. The van der Waals surface area contributed by atoms with Gasteiger partial charge < -0.3 is 0 Å². The highest BCUT2D eigenvalue weighted by Gasteiger charge is 2.04. The summed E-state index contributed by atoms with van der Waals surface area (Å²) in [5.41, 5.74) is 2.95. The molecule has 1 heterocycles. The van der Waals surface area contributed by atoms with Crippen molar-refractivity contribution in [2.45, 2.75) is 0 Å². The third-order valence-corrected chi connectivity index (χ3v) is 3.62. The maximum Gasteiger partial charge on any atom is 0.124 e. The fourth-order valence-corrected chi connectivity index (χ4v) is 2.58. The second-order valence-electron chi connectivity index (χ2n) is 2.48. The predicted molar refractivity (Wildman–Crippen MR) is 60.3 cm³/mol. The molecule has 0 fully saturated rings. The molecule has 0 saturated carbocycles. The van der Waals surface area contributed by atoms with Gasteiger partial charge in [0, 0.05) is 5.02 Å². The van der Waals surface area contributed by atoms with Gasteiger partial charge in [-0.15, -0.1) is 11.3 Å². The molecule has 1 aromatic heterocycles. The minimum atomic E-state index is 0.754. The molecule has 1 nitrogen and oxygen atoms in total. The molecule has 0 aliphatic carbocycles. The van der Waals surface area contributed by atoms with Crippen molar-refractivity contribution in [2.24, 2.45) is 0 Å². The van der Waals surface area contributed by atoms with E-state index >= 15 is 0 Å². The van der Waals surface area contributed by atoms with Gasteiger partial charge in [0.25, 0.3) is 0 Å². The first kappa shape index (κ1) is 9.19. The molecular weight excluding hydrogens is 270 g/mol. The number of nitrogens with zero attached hydrogens (tertiary/aromatic N) is 1. The molecule has 0 aliphatic rings. The molecule has 4 heteroatoms. The van der Waals surface area contributed by atoms with Crippen LogP contribution in [-0.2, 0) is 0 Å². The van der Waals surface area contributed by atoms with E-state index in [1.807, 2.05) is 29.8 Å². The summed E-state index contributed by atoms with van der Waals surface area (Å²) in [6.07, 6.45) is 0. The van der Waals surface area contributed by atoms with E-state index in [4.69, 9.17) is 11.6 Å². The highest BCUT2D eigenvalue weighted by molar-refractivity contribution is 9.10. The van der Waals surface area contributed by atoms with Crippen molar-refractivity contribution in [1.29, 1.82) is 0 Å². The molecule has 0 aliphatic heterocycles. The summed E-state index contributed by atoms with van der Waals surface area (Å²) in [7, 11) is 0. The van der Waals surface area contributed by atoms with Crippen LogP contribution in [0.3, 0.4) is 0 Å². The number of benzene rings is 1. The van der Waals surface area contributed by atoms with E-state index in [2.05, 4.69) is 20.9 Å². The normalized spacial score (nSPS) is 10.3. The molecule has 1 aromatic carbocycles. The zero-order chi connectivity index (χ0) is 9.26. The minimum Gasteiger partial charge on any atom is -0.237 e. The molecular formula is C9H5BrClNS. The maximum atomic E-state index is 5.79. The van der Waals surface area contributed by atoms with E-state index in [1.165, 1.54) is 0 Å². The zero-order valence-electron chi connectivity index (χ0n) is 6.50. The lowest BCUT2D eigenvalue weighted by Gasteiger charge is -1.97. The Morgan fingerprint density at radius 1 is 1.23 bits per heavy atom. The Morgan fingerprint density at radius 3 is 2.46 bits per heavy atom. The molecule has 0 amide bonds. The Kier molecular flexibility index (Phi) is 2.67. The predicted octanol–water partition coefficient (Wildman–Crippen LogP) is 4.23. The lowest BCUT2D eigenvalue weighted by molar-refractivity contribution is 1.37. The number of aromatic nitrogens is 1. The van der Waals surface area contributed by atoms with Crippen molar-refractivity contribution in [1.82, 2.24) is 4.98 Å². The first-order valence-corrected chi connectivity index (χ1v) is 5.67. The largest absolute Gasteiger partial charge is 0.237 e. The fourth-order valence-electron chi connectivity index (χ4n) is 1.02.